The Hall–Kier alpha value is -2.02. The van der Waals surface area contributed by atoms with Crippen molar-refractivity contribution >= 4 is 34.3 Å². The zero-order chi connectivity index (χ0) is 19.0. The number of benzene rings is 2. The third kappa shape index (κ3) is 3.02. The number of halogens is 1. The maximum absolute atomic E-state index is 12.6. The van der Waals surface area contributed by atoms with Crippen LogP contribution in [0.25, 0.3) is 0 Å². The molecule has 0 fully saturated rings. The van der Waals surface area contributed by atoms with Gasteiger partial charge < -0.3 is 10.5 Å². The SMILES string of the molecule is CC(=O)N1N=C(c2cccc(Cl)c2)SC12c1ccccc1OCC2CCN. The van der Waals surface area contributed by atoms with E-state index in [0.717, 1.165) is 28.3 Å². The van der Waals surface area contributed by atoms with Crippen LogP contribution >= 0.6 is 23.4 Å². The zero-order valence-electron chi connectivity index (χ0n) is 14.9. The van der Waals surface area contributed by atoms with Crippen LogP contribution in [0.3, 0.4) is 0 Å². The average molecular weight is 402 g/mol. The molecule has 0 aliphatic carbocycles. The number of hydrogen-bond donors (Lipinski definition) is 1. The molecule has 2 N–H and O–H groups in total. The molecule has 2 atom stereocenters. The predicted molar refractivity (Wildman–Crippen MR) is 109 cm³/mol. The maximum Gasteiger partial charge on any atom is 0.241 e. The van der Waals surface area contributed by atoms with Crippen LogP contribution in [0.15, 0.2) is 53.6 Å². The van der Waals surface area contributed by atoms with Crippen LogP contribution in [0.1, 0.15) is 24.5 Å². The second kappa shape index (κ2) is 7.19. The molecule has 0 radical (unpaired) electrons. The lowest BCUT2D eigenvalue weighted by Gasteiger charge is -2.45. The van der Waals surface area contributed by atoms with Gasteiger partial charge in [-0.25, -0.2) is 5.01 Å². The van der Waals surface area contributed by atoms with Crippen LogP contribution < -0.4 is 10.5 Å². The van der Waals surface area contributed by atoms with Crippen molar-refractivity contribution in [3.63, 3.8) is 0 Å². The van der Waals surface area contributed by atoms with E-state index in [-0.39, 0.29) is 11.8 Å². The molecule has 1 spiro atoms. The van der Waals surface area contributed by atoms with E-state index in [0.29, 0.717) is 18.2 Å². The van der Waals surface area contributed by atoms with Gasteiger partial charge in [-0.15, -0.1) is 0 Å². The molecule has 1 amide bonds. The summed E-state index contributed by atoms with van der Waals surface area (Å²) in [7, 11) is 0. The number of amides is 1. The average Bonchev–Trinajstić information content (AvgIpc) is 3.06. The van der Waals surface area contributed by atoms with Gasteiger partial charge in [0.2, 0.25) is 5.91 Å². The minimum Gasteiger partial charge on any atom is -0.493 e. The van der Waals surface area contributed by atoms with Gasteiger partial charge >= 0.3 is 0 Å². The summed E-state index contributed by atoms with van der Waals surface area (Å²) in [5, 5.41) is 7.73. The van der Waals surface area contributed by atoms with Crippen LogP contribution in [0.5, 0.6) is 5.75 Å². The first-order chi connectivity index (χ1) is 13.1. The molecule has 2 aromatic carbocycles. The Kier molecular flexibility index (Phi) is 4.88. The van der Waals surface area contributed by atoms with E-state index < -0.39 is 4.87 Å². The highest BCUT2D eigenvalue weighted by Crippen LogP contribution is 2.57. The number of thioether (sulfide) groups is 1. The topological polar surface area (TPSA) is 67.9 Å². The molecule has 140 valence electrons. The van der Waals surface area contributed by atoms with Crippen molar-refractivity contribution < 1.29 is 9.53 Å². The number of fused-ring (bicyclic) bond motifs is 2. The molecule has 0 saturated carbocycles. The fourth-order valence-corrected chi connectivity index (χ4v) is 5.48. The maximum atomic E-state index is 12.6. The van der Waals surface area contributed by atoms with Crippen LogP contribution in [-0.2, 0) is 9.67 Å². The van der Waals surface area contributed by atoms with Gasteiger partial charge in [0.15, 0.2) is 4.87 Å². The van der Waals surface area contributed by atoms with E-state index in [1.54, 1.807) is 23.7 Å². The molecule has 5 nitrogen and oxygen atoms in total. The van der Waals surface area contributed by atoms with Gasteiger partial charge in [0, 0.05) is 29.0 Å². The van der Waals surface area contributed by atoms with Crippen LogP contribution in [0.4, 0.5) is 0 Å². The summed E-state index contributed by atoms with van der Waals surface area (Å²) in [6.45, 7) is 2.55. The van der Waals surface area contributed by atoms with Crippen molar-refractivity contribution in [2.45, 2.75) is 18.2 Å². The Labute approximate surface area is 167 Å². The first kappa shape index (κ1) is 18.3. The van der Waals surface area contributed by atoms with E-state index >= 15 is 0 Å². The molecular weight excluding hydrogens is 382 g/mol. The Bertz CT molecular complexity index is 920. The Balaban J connectivity index is 1.87. The van der Waals surface area contributed by atoms with Gasteiger partial charge in [-0.3, -0.25) is 4.79 Å². The molecule has 2 aromatic rings. The third-order valence-electron chi connectivity index (χ3n) is 4.91. The molecule has 7 heteroatoms. The van der Waals surface area contributed by atoms with Gasteiger partial charge in [-0.1, -0.05) is 53.7 Å². The molecule has 0 aromatic heterocycles. The molecule has 2 heterocycles. The number of ether oxygens (including phenoxy) is 1. The molecular formula is C20H20ClN3O2S. The molecule has 0 saturated heterocycles. The lowest BCUT2D eigenvalue weighted by molar-refractivity contribution is -0.134. The lowest BCUT2D eigenvalue weighted by atomic mass is 9.86. The van der Waals surface area contributed by atoms with E-state index in [4.69, 9.17) is 27.2 Å². The minimum absolute atomic E-state index is 0.0201. The summed E-state index contributed by atoms with van der Waals surface area (Å²) in [5.41, 5.74) is 7.74. The molecule has 2 unspecified atom stereocenters. The van der Waals surface area contributed by atoms with Crippen molar-refractivity contribution in [1.29, 1.82) is 0 Å². The quantitative estimate of drug-likeness (QED) is 0.849. The number of nitrogens with zero attached hydrogens (tertiary/aromatic N) is 2. The van der Waals surface area contributed by atoms with Crippen molar-refractivity contribution in [2.75, 3.05) is 13.2 Å². The van der Waals surface area contributed by atoms with Crippen molar-refractivity contribution in [3.05, 3.63) is 64.7 Å². The standard InChI is InChI=1S/C20H20ClN3O2S/c1-13(25)24-20(27-19(23-24)14-5-4-6-16(21)11-14)15(9-10-22)12-26-18-8-3-2-7-17(18)20/h2-8,11,15H,9-10,12,22H2,1H3. The Morgan fingerprint density at radius 3 is 2.93 bits per heavy atom. The summed E-state index contributed by atoms with van der Waals surface area (Å²) in [4.78, 5) is 12.0. The number of carbonyl (C=O) groups is 1. The minimum atomic E-state index is -0.669. The van der Waals surface area contributed by atoms with Gasteiger partial charge in [0.1, 0.15) is 10.8 Å². The smallest absolute Gasteiger partial charge is 0.241 e. The summed E-state index contributed by atoms with van der Waals surface area (Å²) >= 11 is 7.76. The number of rotatable bonds is 3. The van der Waals surface area contributed by atoms with Crippen molar-refractivity contribution in [2.24, 2.45) is 16.8 Å². The van der Waals surface area contributed by atoms with Crippen LogP contribution in [-0.4, -0.2) is 29.1 Å². The molecule has 2 aliphatic heterocycles. The zero-order valence-corrected chi connectivity index (χ0v) is 16.5. The molecule has 2 aliphatic rings. The van der Waals surface area contributed by atoms with Gasteiger partial charge in [-0.2, -0.15) is 5.10 Å². The fourth-order valence-electron chi connectivity index (χ4n) is 3.74. The summed E-state index contributed by atoms with van der Waals surface area (Å²) < 4.78 is 5.98. The van der Waals surface area contributed by atoms with E-state index in [9.17, 15) is 4.79 Å². The highest BCUT2D eigenvalue weighted by atomic mass is 35.5. The van der Waals surface area contributed by atoms with Gasteiger partial charge in [-0.05, 0) is 31.2 Å². The number of hydrazone groups is 1. The monoisotopic (exact) mass is 401 g/mol. The fraction of sp³-hybridized carbons (Fsp3) is 0.300. The third-order valence-corrected chi connectivity index (χ3v) is 6.69. The van der Waals surface area contributed by atoms with Crippen molar-refractivity contribution in [3.8, 4) is 5.75 Å². The highest BCUT2D eigenvalue weighted by Gasteiger charge is 2.56. The number of nitrogens with two attached hydrogens (primary N) is 1. The number of carbonyl (C=O) groups excluding carboxylic acids is 1. The van der Waals surface area contributed by atoms with Crippen LogP contribution in [0.2, 0.25) is 5.02 Å². The highest BCUT2D eigenvalue weighted by molar-refractivity contribution is 8.15. The summed E-state index contributed by atoms with van der Waals surface area (Å²) in [5.74, 6) is 0.692. The van der Waals surface area contributed by atoms with Crippen molar-refractivity contribution in [1.82, 2.24) is 5.01 Å². The second-order valence-corrected chi connectivity index (χ2v) is 8.28. The number of para-hydroxylation sites is 1. The van der Waals surface area contributed by atoms with E-state index in [1.165, 1.54) is 0 Å². The molecule has 4 rings (SSSR count). The van der Waals surface area contributed by atoms with E-state index in [1.807, 2.05) is 48.5 Å². The second-order valence-electron chi connectivity index (χ2n) is 6.63. The predicted octanol–water partition coefficient (Wildman–Crippen LogP) is 3.81. The normalized spacial score (nSPS) is 23.7. The molecule has 0 bridgehead atoms. The number of hydrogen-bond acceptors (Lipinski definition) is 5. The Morgan fingerprint density at radius 2 is 2.19 bits per heavy atom. The molecule has 27 heavy (non-hydrogen) atoms. The lowest BCUT2D eigenvalue weighted by Crippen LogP contribution is -2.51. The Morgan fingerprint density at radius 1 is 1.37 bits per heavy atom. The van der Waals surface area contributed by atoms with Crippen LogP contribution in [0, 0.1) is 5.92 Å². The largest absolute Gasteiger partial charge is 0.493 e. The summed E-state index contributed by atoms with van der Waals surface area (Å²) in [6, 6.07) is 15.4. The van der Waals surface area contributed by atoms with Gasteiger partial charge in [0.25, 0.3) is 0 Å². The first-order valence-electron chi connectivity index (χ1n) is 8.83. The van der Waals surface area contributed by atoms with E-state index in [2.05, 4.69) is 0 Å². The summed E-state index contributed by atoms with van der Waals surface area (Å²) in [6.07, 6.45) is 0.726. The van der Waals surface area contributed by atoms with Gasteiger partial charge in [0.05, 0.1) is 6.61 Å². The first-order valence-corrected chi connectivity index (χ1v) is 10.0.